The molecule has 2 aromatic rings. The number of rotatable bonds is 6. The summed E-state index contributed by atoms with van der Waals surface area (Å²) in [6, 6.07) is 12.2. The maximum absolute atomic E-state index is 12.9. The molecule has 0 aliphatic carbocycles. The van der Waals surface area contributed by atoms with Gasteiger partial charge in [0.05, 0.1) is 12.0 Å². The van der Waals surface area contributed by atoms with Gasteiger partial charge in [-0.25, -0.2) is 8.42 Å². The molecule has 29 heavy (non-hydrogen) atoms. The summed E-state index contributed by atoms with van der Waals surface area (Å²) in [6.07, 6.45) is 0.978. The largest absolute Gasteiger partial charge is 0.496 e. The molecule has 1 aliphatic heterocycles. The number of sulfonamides is 1. The highest BCUT2D eigenvalue weighted by Crippen LogP contribution is 2.27. The van der Waals surface area contributed by atoms with E-state index in [0.29, 0.717) is 43.2 Å². The molecule has 0 radical (unpaired) electrons. The summed E-state index contributed by atoms with van der Waals surface area (Å²) in [5, 5.41) is 3.52. The van der Waals surface area contributed by atoms with Crippen LogP contribution >= 0.6 is 11.6 Å². The van der Waals surface area contributed by atoms with Gasteiger partial charge in [0.25, 0.3) is 0 Å². The van der Waals surface area contributed by atoms with E-state index in [1.165, 1.54) is 4.31 Å². The highest BCUT2D eigenvalue weighted by molar-refractivity contribution is 7.89. The van der Waals surface area contributed by atoms with Crippen LogP contribution in [0.4, 0.5) is 0 Å². The summed E-state index contributed by atoms with van der Waals surface area (Å²) in [5.41, 5.74) is 1.62. The number of carbonyl (C=O) groups is 1. The van der Waals surface area contributed by atoms with E-state index in [4.69, 9.17) is 16.3 Å². The fourth-order valence-electron chi connectivity index (χ4n) is 3.49. The molecule has 1 heterocycles. The molecule has 6 nitrogen and oxygen atoms in total. The topological polar surface area (TPSA) is 75.7 Å². The Morgan fingerprint density at radius 1 is 1.21 bits per heavy atom. The third-order valence-electron chi connectivity index (χ3n) is 5.24. The average molecular weight is 437 g/mol. The van der Waals surface area contributed by atoms with Crippen molar-refractivity contribution in [1.82, 2.24) is 9.62 Å². The van der Waals surface area contributed by atoms with E-state index in [0.717, 1.165) is 11.1 Å². The molecule has 1 amide bonds. The minimum absolute atomic E-state index is 0.0674. The number of hydrogen-bond acceptors (Lipinski definition) is 4. The number of carbonyl (C=O) groups excluding carboxylic acids is 1. The molecule has 1 aliphatic rings. The lowest BCUT2D eigenvalue weighted by Crippen LogP contribution is -2.42. The Morgan fingerprint density at radius 3 is 2.52 bits per heavy atom. The molecular weight excluding hydrogens is 412 g/mol. The first-order chi connectivity index (χ1) is 13.8. The van der Waals surface area contributed by atoms with Gasteiger partial charge in [-0.15, -0.1) is 0 Å². The number of ether oxygens (including phenoxy) is 1. The number of hydrogen-bond donors (Lipinski definition) is 1. The third-order valence-corrected chi connectivity index (χ3v) is 7.50. The van der Waals surface area contributed by atoms with Crippen LogP contribution in [0.3, 0.4) is 0 Å². The number of aryl methyl sites for hydroxylation is 1. The molecule has 0 aromatic heterocycles. The monoisotopic (exact) mass is 436 g/mol. The summed E-state index contributed by atoms with van der Waals surface area (Å²) >= 11 is 6.12. The molecular formula is C21H25ClN2O4S. The number of halogens is 1. The second-order valence-corrected chi connectivity index (χ2v) is 9.46. The summed E-state index contributed by atoms with van der Waals surface area (Å²) < 4.78 is 32.5. The molecule has 0 spiro atoms. The number of nitrogens with zero attached hydrogens (tertiary/aromatic N) is 1. The molecule has 2 aromatic carbocycles. The normalized spacial score (nSPS) is 15.8. The Kier molecular flexibility index (Phi) is 6.82. The van der Waals surface area contributed by atoms with Crippen LogP contribution in [0.25, 0.3) is 0 Å². The molecule has 0 saturated carbocycles. The quantitative estimate of drug-likeness (QED) is 0.753. The smallest absolute Gasteiger partial charge is 0.243 e. The second-order valence-electron chi connectivity index (χ2n) is 7.12. The first-order valence-electron chi connectivity index (χ1n) is 9.49. The lowest BCUT2D eigenvalue weighted by atomic mass is 9.97. The molecule has 1 saturated heterocycles. The Labute approximate surface area is 176 Å². The zero-order valence-corrected chi connectivity index (χ0v) is 18.1. The van der Waals surface area contributed by atoms with Gasteiger partial charge in [0.15, 0.2) is 0 Å². The Morgan fingerprint density at radius 2 is 1.90 bits per heavy atom. The molecule has 3 rings (SSSR count). The molecule has 0 unspecified atom stereocenters. The van der Waals surface area contributed by atoms with Gasteiger partial charge in [0.1, 0.15) is 5.75 Å². The number of methoxy groups -OCH3 is 1. The van der Waals surface area contributed by atoms with Crippen molar-refractivity contribution < 1.29 is 17.9 Å². The molecule has 156 valence electrons. The van der Waals surface area contributed by atoms with E-state index in [1.54, 1.807) is 31.4 Å². The first-order valence-corrected chi connectivity index (χ1v) is 11.3. The van der Waals surface area contributed by atoms with E-state index in [2.05, 4.69) is 5.32 Å². The van der Waals surface area contributed by atoms with Gasteiger partial charge in [0, 0.05) is 30.6 Å². The van der Waals surface area contributed by atoms with Crippen LogP contribution in [0.5, 0.6) is 5.75 Å². The molecule has 8 heteroatoms. The van der Waals surface area contributed by atoms with Crippen LogP contribution in [0.1, 0.15) is 24.0 Å². The minimum atomic E-state index is -3.59. The van der Waals surface area contributed by atoms with Crippen molar-refractivity contribution in [3.8, 4) is 5.75 Å². The lowest BCUT2D eigenvalue weighted by molar-refractivity contribution is -0.126. The lowest BCUT2D eigenvalue weighted by Gasteiger charge is -2.30. The number of amides is 1. The SMILES string of the molecule is COc1ccc(S(=O)(=O)N2CCC(C(=O)NCc3ccccc3Cl)CC2)cc1C. The van der Waals surface area contributed by atoms with Gasteiger partial charge in [-0.2, -0.15) is 4.31 Å². The standard InChI is InChI=1S/C21H25ClN2O4S/c1-15-13-18(7-8-20(15)28-2)29(26,27)24-11-9-16(10-12-24)21(25)23-14-17-5-3-4-6-19(17)22/h3-8,13,16H,9-12,14H2,1-2H3,(H,23,25). The van der Waals surface area contributed by atoms with E-state index in [1.807, 2.05) is 25.1 Å². The first kappa shape index (κ1) is 21.6. The third kappa shape index (κ3) is 4.91. The Bertz CT molecular complexity index is 986. The fourth-order valence-corrected chi connectivity index (χ4v) is 5.25. The average Bonchev–Trinajstić information content (AvgIpc) is 2.73. The van der Waals surface area contributed by atoms with Gasteiger partial charge < -0.3 is 10.1 Å². The summed E-state index contributed by atoms with van der Waals surface area (Å²) in [6.45, 7) is 2.81. The van der Waals surface area contributed by atoms with Crippen molar-refractivity contribution >= 4 is 27.5 Å². The van der Waals surface area contributed by atoms with Crippen LogP contribution in [0, 0.1) is 12.8 Å². The maximum atomic E-state index is 12.9. The maximum Gasteiger partial charge on any atom is 0.243 e. The second kappa shape index (κ2) is 9.15. The van der Waals surface area contributed by atoms with E-state index >= 15 is 0 Å². The molecule has 1 N–H and O–H groups in total. The zero-order valence-electron chi connectivity index (χ0n) is 16.5. The van der Waals surface area contributed by atoms with Crippen LogP contribution in [0.15, 0.2) is 47.4 Å². The summed E-state index contributed by atoms with van der Waals surface area (Å²) in [5.74, 6) is 0.377. The van der Waals surface area contributed by atoms with E-state index in [9.17, 15) is 13.2 Å². The fraction of sp³-hybridized carbons (Fsp3) is 0.381. The Balaban J connectivity index is 1.58. The number of benzene rings is 2. The van der Waals surface area contributed by atoms with Crippen molar-refractivity contribution in [2.75, 3.05) is 20.2 Å². The van der Waals surface area contributed by atoms with Crippen LogP contribution in [-0.4, -0.2) is 38.8 Å². The zero-order chi connectivity index (χ0) is 21.0. The molecule has 1 fully saturated rings. The van der Waals surface area contributed by atoms with Crippen molar-refractivity contribution in [3.05, 3.63) is 58.6 Å². The predicted octanol–water partition coefficient (Wildman–Crippen LogP) is 3.37. The van der Waals surface area contributed by atoms with Gasteiger partial charge in [-0.05, 0) is 55.2 Å². The van der Waals surface area contributed by atoms with Crippen LogP contribution in [-0.2, 0) is 21.4 Å². The van der Waals surface area contributed by atoms with Crippen molar-refractivity contribution in [2.24, 2.45) is 5.92 Å². The van der Waals surface area contributed by atoms with Crippen molar-refractivity contribution in [1.29, 1.82) is 0 Å². The van der Waals surface area contributed by atoms with Gasteiger partial charge in [0.2, 0.25) is 15.9 Å². The number of nitrogens with one attached hydrogen (secondary N) is 1. The minimum Gasteiger partial charge on any atom is -0.496 e. The van der Waals surface area contributed by atoms with Crippen molar-refractivity contribution in [3.63, 3.8) is 0 Å². The highest BCUT2D eigenvalue weighted by atomic mass is 35.5. The van der Waals surface area contributed by atoms with E-state index < -0.39 is 10.0 Å². The van der Waals surface area contributed by atoms with Gasteiger partial charge in [-0.3, -0.25) is 4.79 Å². The van der Waals surface area contributed by atoms with E-state index in [-0.39, 0.29) is 16.7 Å². The summed E-state index contributed by atoms with van der Waals surface area (Å²) in [7, 11) is -2.04. The van der Waals surface area contributed by atoms with Gasteiger partial charge in [-0.1, -0.05) is 29.8 Å². The van der Waals surface area contributed by atoms with Gasteiger partial charge >= 0.3 is 0 Å². The number of piperidine rings is 1. The highest BCUT2D eigenvalue weighted by Gasteiger charge is 2.32. The molecule has 0 bridgehead atoms. The summed E-state index contributed by atoms with van der Waals surface area (Å²) in [4.78, 5) is 12.7. The van der Waals surface area contributed by atoms with Crippen molar-refractivity contribution in [2.45, 2.75) is 31.2 Å². The predicted molar refractivity (Wildman–Crippen MR) is 113 cm³/mol. The van der Waals surface area contributed by atoms with Crippen LogP contribution in [0.2, 0.25) is 5.02 Å². The molecule has 0 atom stereocenters. The van der Waals surface area contributed by atoms with Crippen LogP contribution < -0.4 is 10.1 Å². The Hall–Kier alpha value is -2.09.